The third kappa shape index (κ3) is 4.45. The number of nitrogens with two attached hydrogens (primary N) is 1. The SMILES string of the molecule is CCCN(C1CCC(N)CC1)C(CC)c1ccc(Cl)cc1. The minimum Gasteiger partial charge on any atom is -0.328 e. The van der Waals surface area contributed by atoms with Crippen LogP contribution >= 0.6 is 11.6 Å². The van der Waals surface area contributed by atoms with Gasteiger partial charge in [0.2, 0.25) is 0 Å². The second-order valence-electron chi connectivity index (χ2n) is 6.28. The molecule has 0 heterocycles. The smallest absolute Gasteiger partial charge is 0.0406 e. The first-order valence-electron chi connectivity index (χ1n) is 8.42. The van der Waals surface area contributed by atoms with Gasteiger partial charge in [-0.1, -0.05) is 37.6 Å². The van der Waals surface area contributed by atoms with Crippen LogP contribution in [0, 0.1) is 0 Å². The van der Waals surface area contributed by atoms with Gasteiger partial charge in [0.25, 0.3) is 0 Å². The first-order chi connectivity index (χ1) is 10.2. The zero-order chi connectivity index (χ0) is 15.2. The van der Waals surface area contributed by atoms with Crippen LogP contribution in [-0.2, 0) is 0 Å². The molecule has 0 aliphatic heterocycles. The van der Waals surface area contributed by atoms with Crippen LogP contribution in [0.5, 0.6) is 0 Å². The number of nitrogens with zero attached hydrogens (tertiary/aromatic N) is 1. The van der Waals surface area contributed by atoms with Gasteiger partial charge in [0, 0.05) is 23.1 Å². The van der Waals surface area contributed by atoms with E-state index >= 15 is 0 Å². The molecule has 118 valence electrons. The van der Waals surface area contributed by atoms with Crippen molar-refractivity contribution in [1.29, 1.82) is 0 Å². The fourth-order valence-electron chi connectivity index (χ4n) is 3.63. The highest BCUT2D eigenvalue weighted by atomic mass is 35.5. The van der Waals surface area contributed by atoms with Crippen molar-refractivity contribution in [2.75, 3.05) is 6.54 Å². The highest BCUT2D eigenvalue weighted by Crippen LogP contribution is 2.32. The van der Waals surface area contributed by atoms with Crippen molar-refractivity contribution in [3.05, 3.63) is 34.9 Å². The number of hydrogen-bond donors (Lipinski definition) is 1. The molecule has 1 fully saturated rings. The molecule has 1 aliphatic carbocycles. The van der Waals surface area contributed by atoms with Gasteiger partial charge in [-0.2, -0.15) is 0 Å². The Morgan fingerprint density at radius 3 is 2.29 bits per heavy atom. The Morgan fingerprint density at radius 1 is 1.14 bits per heavy atom. The number of halogens is 1. The lowest BCUT2D eigenvalue weighted by atomic mass is 9.88. The van der Waals surface area contributed by atoms with Crippen molar-refractivity contribution >= 4 is 11.6 Å². The van der Waals surface area contributed by atoms with Gasteiger partial charge in [-0.15, -0.1) is 0 Å². The summed E-state index contributed by atoms with van der Waals surface area (Å²) >= 11 is 6.04. The van der Waals surface area contributed by atoms with Gasteiger partial charge in [-0.05, 0) is 62.8 Å². The lowest BCUT2D eigenvalue weighted by Gasteiger charge is -2.41. The van der Waals surface area contributed by atoms with E-state index < -0.39 is 0 Å². The van der Waals surface area contributed by atoms with Crippen molar-refractivity contribution < 1.29 is 0 Å². The van der Waals surface area contributed by atoms with Crippen LogP contribution in [-0.4, -0.2) is 23.5 Å². The average molecular weight is 309 g/mol. The zero-order valence-electron chi connectivity index (χ0n) is 13.4. The van der Waals surface area contributed by atoms with E-state index in [1.807, 2.05) is 12.1 Å². The van der Waals surface area contributed by atoms with Crippen LogP contribution in [0.3, 0.4) is 0 Å². The van der Waals surface area contributed by atoms with Crippen molar-refractivity contribution in [2.45, 2.75) is 70.5 Å². The standard InChI is InChI=1S/C18H29ClN2/c1-3-13-21(17-11-9-16(20)10-12-17)18(4-2)14-5-7-15(19)8-6-14/h5-8,16-18H,3-4,9-13,20H2,1-2H3. The Morgan fingerprint density at radius 2 is 1.76 bits per heavy atom. The van der Waals surface area contributed by atoms with Crippen LogP contribution < -0.4 is 5.73 Å². The second kappa shape index (κ2) is 8.17. The Bertz CT molecular complexity index is 410. The summed E-state index contributed by atoms with van der Waals surface area (Å²) in [7, 11) is 0. The molecular weight excluding hydrogens is 280 g/mol. The van der Waals surface area contributed by atoms with Crippen LogP contribution in [0.15, 0.2) is 24.3 Å². The van der Waals surface area contributed by atoms with Gasteiger partial charge >= 0.3 is 0 Å². The predicted molar refractivity (Wildman–Crippen MR) is 91.7 cm³/mol. The van der Waals surface area contributed by atoms with E-state index in [2.05, 4.69) is 30.9 Å². The quantitative estimate of drug-likeness (QED) is 0.820. The van der Waals surface area contributed by atoms with E-state index in [4.69, 9.17) is 17.3 Å². The average Bonchev–Trinajstić information content (AvgIpc) is 2.50. The molecule has 1 aliphatic rings. The maximum Gasteiger partial charge on any atom is 0.0406 e. The van der Waals surface area contributed by atoms with Crippen LogP contribution in [0.1, 0.15) is 64.0 Å². The molecule has 0 saturated heterocycles. The molecule has 0 amide bonds. The summed E-state index contributed by atoms with van der Waals surface area (Å²) in [5.41, 5.74) is 7.47. The molecule has 3 heteroatoms. The first-order valence-corrected chi connectivity index (χ1v) is 8.80. The van der Waals surface area contributed by atoms with E-state index in [-0.39, 0.29) is 0 Å². The molecule has 2 rings (SSSR count). The van der Waals surface area contributed by atoms with Gasteiger partial charge in [-0.3, -0.25) is 4.90 Å². The molecule has 0 aromatic heterocycles. The van der Waals surface area contributed by atoms with Crippen LogP contribution in [0.25, 0.3) is 0 Å². The highest BCUT2D eigenvalue weighted by molar-refractivity contribution is 6.30. The fraction of sp³-hybridized carbons (Fsp3) is 0.667. The van der Waals surface area contributed by atoms with Crippen LogP contribution in [0.4, 0.5) is 0 Å². The predicted octanol–water partition coefficient (Wildman–Crippen LogP) is 4.77. The molecule has 1 unspecified atom stereocenters. The van der Waals surface area contributed by atoms with E-state index in [9.17, 15) is 0 Å². The molecule has 21 heavy (non-hydrogen) atoms. The molecule has 0 radical (unpaired) electrons. The summed E-state index contributed by atoms with van der Waals surface area (Å²) in [6.07, 6.45) is 7.16. The van der Waals surface area contributed by atoms with Crippen molar-refractivity contribution in [3.8, 4) is 0 Å². The van der Waals surface area contributed by atoms with Gasteiger partial charge < -0.3 is 5.73 Å². The lowest BCUT2D eigenvalue weighted by molar-refractivity contribution is 0.0962. The van der Waals surface area contributed by atoms with Gasteiger partial charge in [-0.25, -0.2) is 0 Å². The highest BCUT2D eigenvalue weighted by Gasteiger charge is 2.28. The fourth-order valence-corrected chi connectivity index (χ4v) is 3.76. The number of rotatable bonds is 6. The molecule has 1 atom stereocenters. The van der Waals surface area contributed by atoms with Crippen molar-refractivity contribution in [3.63, 3.8) is 0 Å². The van der Waals surface area contributed by atoms with Gasteiger partial charge in [0.05, 0.1) is 0 Å². The molecule has 1 aromatic rings. The van der Waals surface area contributed by atoms with Crippen molar-refractivity contribution in [1.82, 2.24) is 4.90 Å². The molecule has 0 bridgehead atoms. The molecule has 1 aromatic carbocycles. The summed E-state index contributed by atoms with van der Waals surface area (Å²) in [6, 6.07) is 10.0. The van der Waals surface area contributed by atoms with E-state index in [0.29, 0.717) is 18.1 Å². The first kappa shape index (κ1) is 16.8. The lowest BCUT2D eigenvalue weighted by Crippen LogP contribution is -2.43. The van der Waals surface area contributed by atoms with E-state index in [0.717, 1.165) is 11.4 Å². The Labute approximate surface area is 134 Å². The molecule has 2 nitrogen and oxygen atoms in total. The third-order valence-corrected chi connectivity index (χ3v) is 4.99. The van der Waals surface area contributed by atoms with E-state index in [1.54, 1.807) is 0 Å². The van der Waals surface area contributed by atoms with Gasteiger partial charge in [0.1, 0.15) is 0 Å². The summed E-state index contributed by atoms with van der Waals surface area (Å²) in [4.78, 5) is 2.72. The van der Waals surface area contributed by atoms with Crippen LogP contribution in [0.2, 0.25) is 5.02 Å². The normalized spacial score (nSPS) is 24.2. The number of hydrogen-bond acceptors (Lipinski definition) is 2. The maximum atomic E-state index is 6.07. The van der Waals surface area contributed by atoms with E-state index in [1.165, 1.54) is 44.2 Å². The molecule has 1 saturated carbocycles. The Balaban J connectivity index is 2.15. The summed E-state index contributed by atoms with van der Waals surface area (Å²) < 4.78 is 0. The van der Waals surface area contributed by atoms with Crippen molar-refractivity contribution in [2.24, 2.45) is 5.73 Å². The monoisotopic (exact) mass is 308 g/mol. The molecular formula is C18H29ClN2. The molecule has 2 N–H and O–H groups in total. The minimum absolute atomic E-state index is 0.417. The largest absolute Gasteiger partial charge is 0.328 e. The minimum atomic E-state index is 0.417. The summed E-state index contributed by atoms with van der Waals surface area (Å²) in [5.74, 6) is 0. The Hall–Kier alpha value is -0.570. The summed E-state index contributed by atoms with van der Waals surface area (Å²) in [5, 5.41) is 0.819. The van der Waals surface area contributed by atoms with Gasteiger partial charge in [0.15, 0.2) is 0 Å². The maximum absolute atomic E-state index is 6.07. The zero-order valence-corrected chi connectivity index (χ0v) is 14.1. The number of benzene rings is 1. The topological polar surface area (TPSA) is 29.3 Å². The molecule has 0 spiro atoms. The third-order valence-electron chi connectivity index (χ3n) is 4.73. The Kier molecular flexibility index (Phi) is 6.53. The second-order valence-corrected chi connectivity index (χ2v) is 6.72. The summed E-state index contributed by atoms with van der Waals surface area (Å²) in [6.45, 7) is 5.73.